The quantitative estimate of drug-likeness (QED) is 0.638. The number of aliphatic carboxylic acids is 1. The molecule has 33 heavy (non-hydrogen) atoms. The number of nitrogens with zero attached hydrogens (tertiary/aromatic N) is 1. The first-order valence-corrected chi connectivity index (χ1v) is 11.5. The van der Waals surface area contributed by atoms with Crippen molar-refractivity contribution < 1.29 is 24.2 Å². The first-order valence-electron chi connectivity index (χ1n) is 11.5. The van der Waals surface area contributed by atoms with Crippen LogP contribution >= 0.6 is 0 Å². The van der Waals surface area contributed by atoms with E-state index in [4.69, 9.17) is 9.47 Å². The Balaban J connectivity index is 1.59. The molecule has 0 saturated carbocycles. The van der Waals surface area contributed by atoms with E-state index in [1.165, 1.54) is 19.4 Å². The monoisotopic (exact) mass is 453 g/mol. The van der Waals surface area contributed by atoms with Crippen LogP contribution in [0.1, 0.15) is 64.5 Å². The zero-order valence-corrected chi connectivity index (χ0v) is 20.3. The highest BCUT2D eigenvalue weighted by Crippen LogP contribution is 2.30. The molecule has 0 bridgehead atoms. The summed E-state index contributed by atoms with van der Waals surface area (Å²) in [6.45, 7) is 10.9. The topological polar surface area (TPSA) is 76.1 Å². The molecule has 1 unspecified atom stereocenters. The summed E-state index contributed by atoms with van der Waals surface area (Å²) in [6.07, 6.45) is 1.87. The lowest BCUT2D eigenvalue weighted by molar-refractivity contribution is -0.152. The summed E-state index contributed by atoms with van der Waals surface area (Å²) < 4.78 is 11.4. The molecule has 1 saturated heterocycles. The number of carboxylic acids is 1. The summed E-state index contributed by atoms with van der Waals surface area (Å²) in [5, 5.41) is 9.32. The molecule has 1 atom stereocenters. The highest BCUT2D eigenvalue weighted by molar-refractivity contribution is 5.78. The molecule has 0 radical (unpaired) electrons. The minimum absolute atomic E-state index is 0.0114. The van der Waals surface area contributed by atoms with Crippen LogP contribution in [0.5, 0.6) is 11.5 Å². The van der Waals surface area contributed by atoms with E-state index < -0.39 is 11.6 Å². The van der Waals surface area contributed by atoms with E-state index in [1.807, 2.05) is 47.4 Å². The molecule has 178 valence electrons. The summed E-state index contributed by atoms with van der Waals surface area (Å²) >= 11 is 0. The molecule has 1 amide bonds. The lowest BCUT2D eigenvalue weighted by Crippen LogP contribution is -2.41. The van der Waals surface area contributed by atoms with E-state index in [2.05, 4.69) is 20.8 Å². The van der Waals surface area contributed by atoms with E-state index in [0.29, 0.717) is 24.6 Å². The van der Waals surface area contributed by atoms with Crippen molar-refractivity contribution >= 4 is 11.9 Å². The van der Waals surface area contributed by atoms with Crippen LogP contribution in [0.4, 0.5) is 0 Å². The van der Waals surface area contributed by atoms with Gasteiger partial charge in [0.15, 0.2) is 12.2 Å². The number of benzene rings is 2. The average Bonchev–Trinajstić information content (AvgIpc) is 2.77. The van der Waals surface area contributed by atoms with E-state index in [1.54, 1.807) is 6.07 Å². The Morgan fingerprint density at radius 1 is 1.03 bits per heavy atom. The number of carboxylic acid groups (broad SMARTS) is 1. The Bertz CT molecular complexity index is 975. The number of likely N-dealkylation sites (tertiary alicyclic amines) is 1. The molecule has 1 fully saturated rings. The SMILES string of the molecule is CC(C)(Oc1cccc(C2CCCN(C(=O)COc3ccc(C(C)(C)C)cc3)C2)c1)C(=O)O. The number of rotatable bonds is 7. The van der Waals surface area contributed by atoms with Gasteiger partial charge in [0.05, 0.1) is 0 Å². The van der Waals surface area contributed by atoms with Crippen LogP contribution in [0.3, 0.4) is 0 Å². The largest absolute Gasteiger partial charge is 0.484 e. The van der Waals surface area contributed by atoms with Gasteiger partial charge in [0.1, 0.15) is 11.5 Å². The molecule has 1 aliphatic rings. The highest BCUT2D eigenvalue weighted by Gasteiger charge is 2.30. The van der Waals surface area contributed by atoms with Crippen LogP contribution in [0.25, 0.3) is 0 Å². The Labute approximate surface area is 196 Å². The molecule has 6 nitrogen and oxygen atoms in total. The first kappa shape index (κ1) is 24.6. The Morgan fingerprint density at radius 3 is 2.36 bits per heavy atom. The van der Waals surface area contributed by atoms with Gasteiger partial charge >= 0.3 is 5.97 Å². The van der Waals surface area contributed by atoms with Crippen LogP contribution in [-0.2, 0) is 15.0 Å². The van der Waals surface area contributed by atoms with Gasteiger partial charge in [-0.3, -0.25) is 4.79 Å². The molecule has 0 aliphatic carbocycles. The number of ether oxygens (including phenoxy) is 2. The molecule has 2 aromatic rings. The minimum Gasteiger partial charge on any atom is -0.484 e. The number of hydrogen-bond donors (Lipinski definition) is 1. The molecule has 1 heterocycles. The molecule has 2 aromatic carbocycles. The number of hydrogen-bond acceptors (Lipinski definition) is 4. The van der Waals surface area contributed by atoms with E-state index in [9.17, 15) is 14.7 Å². The van der Waals surface area contributed by atoms with Crippen molar-refractivity contribution in [2.24, 2.45) is 0 Å². The van der Waals surface area contributed by atoms with Gasteiger partial charge in [0.25, 0.3) is 5.91 Å². The second-order valence-electron chi connectivity index (χ2n) is 10.2. The predicted molar refractivity (Wildman–Crippen MR) is 128 cm³/mol. The lowest BCUT2D eigenvalue weighted by Gasteiger charge is -2.33. The number of carbonyl (C=O) groups excluding carboxylic acids is 1. The van der Waals surface area contributed by atoms with Crippen molar-refractivity contribution in [3.8, 4) is 11.5 Å². The van der Waals surface area contributed by atoms with Gasteiger partial charge in [0, 0.05) is 19.0 Å². The van der Waals surface area contributed by atoms with Crippen molar-refractivity contribution in [2.45, 2.75) is 64.4 Å². The standard InChI is InChI=1S/C27H35NO5/c1-26(2,3)21-11-13-22(14-12-21)32-18-24(29)28-15-7-9-20(17-28)19-8-6-10-23(16-19)33-27(4,5)25(30)31/h6,8,10-14,16,20H,7,9,15,17-18H2,1-5H3,(H,30,31). The third-order valence-electron chi connectivity index (χ3n) is 6.07. The Hall–Kier alpha value is -3.02. The lowest BCUT2D eigenvalue weighted by atomic mass is 9.87. The second kappa shape index (κ2) is 9.86. The number of carbonyl (C=O) groups is 2. The van der Waals surface area contributed by atoms with Crippen LogP contribution in [0.2, 0.25) is 0 Å². The van der Waals surface area contributed by atoms with Gasteiger partial charge in [0.2, 0.25) is 0 Å². The maximum atomic E-state index is 12.8. The minimum atomic E-state index is -1.31. The number of amides is 1. The summed E-state index contributed by atoms with van der Waals surface area (Å²) in [4.78, 5) is 26.0. The van der Waals surface area contributed by atoms with Crippen molar-refractivity contribution in [2.75, 3.05) is 19.7 Å². The average molecular weight is 454 g/mol. The fourth-order valence-corrected chi connectivity index (χ4v) is 3.93. The van der Waals surface area contributed by atoms with Gasteiger partial charge < -0.3 is 19.5 Å². The van der Waals surface area contributed by atoms with Gasteiger partial charge in [-0.25, -0.2) is 4.79 Å². The summed E-state index contributed by atoms with van der Waals surface area (Å²) in [5.74, 6) is 0.334. The van der Waals surface area contributed by atoms with Crippen molar-refractivity contribution in [1.82, 2.24) is 4.90 Å². The number of piperidine rings is 1. The molecular formula is C27H35NO5. The molecule has 3 rings (SSSR count). The maximum absolute atomic E-state index is 12.8. The van der Waals surface area contributed by atoms with Crippen LogP contribution < -0.4 is 9.47 Å². The molecule has 1 N–H and O–H groups in total. The van der Waals surface area contributed by atoms with Crippen molar-refractivity contribution in [1.29, 1.82) is 0 Å². The zero-order valence-electron chi connectivity index (χ0n) is 20.3. The Morgan fingerprint density at radius 2 is 1.73 bits per heavy atom. The van der Waals surface area contributed by atoms with Gasteiger partial charge in [-0.05, 0) is 67.5 Å². The third kappa shape index (κ3) is 6.50. The maximum Gasteiger partial charge on any atom is 0.347 e. The summed E-state index contributed by atoms with van der Waals surface area (Å²) in [7, 11) is 0. The predicted octanol–water partition coefficient (Wildman–Crippen LogP) is 5.01. The van der Waals surface area contributed by atoms with Gasteiger partial charge in [-0.2, -0.15) is 0 Å². The van der Waals surface area contributed by atoms with Crippen LogP contribution in [0, 0.1) is 0 Å². The van der Waals surface area contributed by atoms with Crippen molar-refractivity contribution in [3.05, 3.63) is 59.7 Å². The van der Waals surface area contributed by atoms with E-state index in [-0.39, 0.29) is 23.8 Å². The van der Waals surface area contributed by atoms with Crippen LogP contribution in [0.15, 0.2) is 48.5 Å². The molecule has 1 aliphatic heterocycles. The zero-order chi connectivity index (χ0) is 24.2. The van der Waals surface area contributed by atoms with E-state index >= 15 is 0 Å². The molecular weight excluding hydrogens is 418 g/mol. The smallest absolute Gasteiger partial charge is 0.347 e. The fourth-order valence-electron chi connectivity index (χ4n) is 3.93. The summed E-state index contributed by atoms with van der Waals surface area (Å²) in [6, 6.07) is 15.4. The highest BCUT2D eigenvalue weighted by atomic mass is 16.5. The normalized spacial score (nSPS) is 16.9. The third-order valence-corrected chi connectivity index (χ3v) is 6.07. The molecule has 6 heteroatoms. The van der Waals surface area contributed by atoms with Crippen molar-refractivity contribution in [3.63, 3.8) is 0 Å². The molecule has 0 aromatic heterocycles. The summed E-state index contributed by atoms with van der Waals surface area (Å²) in [5.41, 5.74) is 1.03. The van der Waals surface area contributed by atoms with E-state index in [0.717, 1.165) is 18.4 Å². The first-order chi connectivity index (χ1) is 15.5. The molecule has 0 spiro atoms. The second-order valence-corrected chi connectivity index (χ2v) is 10.2. The van der Waals surface area contributed by atoms with Crippen LogP contribution in [-0.4, -0.2) is 47.2 Å². The van der Waals surface area contributed by atoms with Gasteiger partial charge in [-0.15, -0.1) is 0 Å². The Kier molecular flexibility index (Phi) is 7.35. The van der Waals surface area contributed by atoms with Gasteiger partial charge in [-0.1, -0.05) is 45.0 Å². The fraction of sp³-hybridized carbons (Fsp3) is 0.481.